The molecule has 2 aromatic rings. The molecule has 2 aromatic carbocycles. The Bertz CT molecular complexity index is 971. The van der Waals surface area contributed by atoms with E-state index in [4.69, 9.17) is 4.74 Å². The van der Waals surface area contributed by atoms with Gasteiger partial charge >= 0.3 is 5.97 Å². The molecule has 1 aliphatic carbocycles. The summed E-state index contributed by atoms with van der Waals surface area (Å²) in [6.45, 7) is 13.4. The molecule has 172 valence electrons. The molecule has 0 aromatic heterocycles. The molecule has 0 aliphatic heterocycles. The van der Waals surface area contributed by atoms with Gasteiger partial charge in [-0.1, -0.05) is 59.7 Å². The predicted octanol–water partition coefficient (Wildman–Crippen LogP) is 6.42. The Labute approximate surface area is 192 Å². The largest absolute Gasteiger partial charge is 0.462 e. The second kappa shape index (κ2) is 9.48. The molecule has 1 aliphatic rings. The number of rotatable bonds is 7. The van der Waals surface area contributed by atoms with Gasteiger partial charge in [0.2, 0.25) is 5.91 Å². The van der Waals surface area contributed by atoms with Crippen molar-refractivity contribution in [3.63, 3.8) is 0 Å². The molecule has 0 heterocycles. The van der Waals surface area contributed by atoms with E-state index >= 15 is 0 Å². The van der Waals surface area contributed by atoms with Gasteiger partial charge in [-0.25, -0.2) is 4.79 Å². The number of hydrogen-bond donors (Lipinski definition) is 1. The van der Waals surface area contributed by atoms with E-state index in [0.717, 1.165) is 24.1 Å². The van der Waals surface area contributed by atoms with E-state index in [-0.39, 0.29) is 22.7 Å². The number of ether oxygens (including phenoxy) is 1. The number of benzene rings is 2. The summed E-state index contributed by atoms with van der Waals surface area (Å²) in [5.74, 6) is 0.0829. The van der Waals surface area contributed by atoms with Crippen LogP contribution in [-0.2, 0) is 26.8 Å². The fraction of sp³-hybridized carbons (Fsp3) is 0.500. The van der Waals surface area contributed by atoms with Crippen molar-refractivity contribution in [2.75, 3.05) is 11.9 Å². The molecule has 32 heavy (non-hydrogen) atoms. The molecule has 0 atom stereocenters. The lowest BCUT2D eigenvalue weighted by atomic mass is 9.63. The molecule has 1 N–H and O–H groups in total. The number of carbonyl (C=O) groups excluding carboxylic acids is 2. The van der Waals surface area contributed by atoms with E-state index < -0.39 is 0 Å². The lowest BCUT2D eigenvalue weighted by Gasteiger charge is -2.41. The molecule has 0 radical (unpaired) electrons. The summed E-state index contributed by atoms with van der Waals surface area (Å²) < 4.78 is 5.57. The molecule has 0 fully saturated rings. The van der Waals surface area contributed by atoms with Crippen LogP contribution in [0, 0.1) is 5.92 Å². The molecule has 0 saturated carbocycles. The maximum absolute atomic E-state index is 12.7. The van der Waals surface area contributed by atoms with Crippen molar-refractivity contribution in [3.8, 4) is 0 Å². The zero-order valence-corrected chi connectivity index (χ0v) is 20.4. The van der Waals surface area contributed by atoms with Crippen molar-refractivity contribution in [1.82, 2.24) is 0 Å². The lowest BCUT2D eigenvalue weighted by molar-refractivity contribution is -0.116. The van der Waals surface area contributed by atoms with Crippen LogP contribution in [0.15, 0.2) is 42.5 Å². The first-order chi connectivity index (χ1) is 15.0. The van der Waals surface area contributed by atoms with Gasteiger partial charge in [0.25, 0.3) is 0 Å². The van der Waals surface area contributed by atoms with Crippen LogP contribution in [-0.4, -0.2) is 18.5 Å². The van der Waals surface area contributed by atoms with Crippen LogP contribution in [0.1, 0.15) is 87.9 Å². The van der Waals surface area contributed by atoms with Gasteiger partial charge in [-0.3, -0.25) is 4.79 Å². The highest BCUT2D eigenvalue weighted by molar-refractivity contribution is 5.91. The topological polar surface area (TPSA) is 55.4 Å². The number of esters is 1. The number of carbonyl (C=O) groups is 2. The van der Waals surface area contributed by atoms with Gasteiger partial charge < -0.3 is 10.1 Å². The Morgan fingerprint density at radius 2 is 1.56 bits per heavy atom. The quantitative estimate of drug-likeness (QED) is 0.511. The Hall–Kier alpha value is -2.62. The molecular formula is C28H37NO3. The van der Waals surface area contributed by atoms with Crippen molar-refractivity contribution >= 4 is 17.6 Å². The first kappa shape index (κ1) is 24.0. The van der Waals surface area contributed by atoms with Crippen molar-refractivity contribution < 1.29 is 14.3 Å². The van der Waals surface area contributed by atoms with Gasteiger partial charge in [0.15, 0.2) is 0 Å². The van der Waals surface area contributed by atoms with Crippen molar-refractivity contribution in [2.24, 2.45) is 5.92 Å². The van der Waals surface area contributed by atoms with Crippen LogP contribution < -0.4 is 5.32 Å². The fourth-order valence-electron chi connectivity index (χ4n) is 4.40. The highest BCUT2D eigenvalue weighted by Gasteiger charge is 2.37. The predicted molar refractivity (Wildman–Crippen MR) is 130 cm³/mol. The van der Waals surface area contributed by atoms with E-state index in [0.29, 0.717) is 30.9 Å². The van der Waals surface area contributed by atoms with Crippen molar-refractivity contribution in [1.29, 1.82) is 0 Å². The summed E-state index contributed by atoms with van der Waals surface area (Å²) in [5, 5.41) is 2.91. The van der Waals surface area contributed by atoms with Crippen molar-refractivity contribution in [3.05, 3.63) is 64.7 Å². The zero-order chi connectivity index (χ0) is 23.5. The molecule has 0 bridgehead atoms. The number of fused-ring (bicyclic) bond motifs is 1. The van der Waals surface area contributed by atoms with Gasteiger partial charge in [-0.2, -0.15) is 0 Å². The van der Waals surface area contributed by atoms with Gasteiger partial charge in [0, 0.05) is 18.5 Å². The molecule has 4 nitrogen and oxygen atoms in total. The third-order valence-corrected chi connectivity index (χ3v) is 6.54. The van der Waals surface area contributed by atoms with Crippen LogP contribution in [0.2, 0.25) is 0 Å². The normalized spacial score (nSPS) is 16.3. The third-order valence-electron chi connectivity index (χ3n) is 6.54. The molecule has 4 heteroatoms. The summed E-state index contributed by atoms with van der Waals surface area (Å²) in [6.07, 6.45) is 3.40. The SMILES string of the molecule is CC(C)CC(=O)Nc1ccc(CCOC(=O)c2ccc3c(c2)C(C)(C)CCC3(C)C)cc1. The smallest absolute Gasteiger partial charge is 0.338 e. The number of anilines is 1. The molecule has 1 amide bonds. The van der Waals surface area contributed by atoms with Crippen LogP contribution >= 0.6 is 0 Å². The maximum atomic E-state index is 12.7. The maximum Gasteiger partial charge on any atom is 0.338 e. The fourth-order valence-corrected chi connectivity index (χ4v) is 4.40. The van der Waals surface area contributed by atoms with Crippen LogP contribution in [0.5, 0.6) is 0 Å². The number of nitrogens with one attached hydrogen (secondary N) is 1. The van der Waals surface area contributed by atoms with E-state index in [9.17, 15) is 9.59 Å². The summed E-state index contributed by atoms with van der Waals surface area (Å²) in [5.41, 5.74) is 5.27. The average molecular weight is 436 g/mol. The highest BCUT2D eigenvalue weighted by atomic mass is 16.5. The highest BCUT2D eigenvalue weighted by Crippen LogP contribution is 2.45. The average Bonchev–Trinajstić information content (AvgIpc) is 2.72. The van der Waals surface area contributed by atoms with Crippen molar-refractivity contribution in [2.45, 2.75) is 78.1 Å². The van der Waals surface area contributed by atoms with E-state index in [2.05, 4.69) is 39.1 Å². The third kappa shape index (κ3) is 5.79. The summed E-state index contributed by atoms with van der Waals surface area (Å²) in [6, 6.07) is 13.8. The Kier molecular flexibility index (Phi) is 7.12. The number of amides is 1. The summed E-state index contributed by atoms with van der Waals surface area (Å²) in [7, 11) is 0. The Morgan fingerprint density at radius 3 is 2.19 bits per heavy atom. The van der Waals surface area contributed by atoms with Crippen LogP contribution in [0.3, 0.4) is 0 Å². The zero-order valence-electron chi connectivity index (χ0n) is 20.4. The van der Waals surface area contributed by atoms with Gasteiger partial charge in [0.05, 0.1) is 12.2 Å². The second-order valence-corrected chi connectivity index (χ2v) is 10.8. The molecule has 3 rings (SSSR count). The van der Waals surface area contributed by atoms with Gasteiger partial charge in [-0.15, -0.1) is 0 Å². The first-order valence-electron chi connectivity index (χ1n) is 11.7. The molecule has 0 saturated heterocycles. The standard InChI is InChI=1S/C28H37NO3/c1-19(2)17-25(30)29-22-10-7-20(8-11-22)13-16-32-26(31)21-9-12-23-24(18-21)28(5,6)15-14-27(23,3)4/h7-12,18-19H,13-17H2,1-6H3,(H,29,30). The monoisotopic (exact) mass is 435 g/mol. The first-order valence-corrected chi connectivity index (χ1v) is 11.7. The summed E-state index contributed by atoms with van der Waals surface area (Å²) >= 11 is 0. The van der Waals surface area contributed by atoms with E-state index in [1.54, 1.807) is 0 Å². The molecule has 0 spiro atoms. The van der Waals surface area contributed by atoms with E-state index in [1.807, 2.05) is 50.2 Å². The Morgan fingerprint density at radius 1 is 0.938 bits per heavy atom. The minimum atomic E-state index is -0.274. The molecular weight excluding hydrogens is 398 g/mol. The Balaban J connectivity index is 1.57. The van der Waals surface area contributed by atoms with Gasteiger partial charge in [0.1, 0.15) is 0 Å². The lowest BCUT2D eigenvalue weighted by Crippen LogP contribution is -2.34. The van der Waals surface area contributed by atoms with Crippen LogP contribution in [0.4, 0.5) is 5.69 Å². The second-order valence-electron chi connectivity index (χ2n) is 10.8. The minimum Gasteiger partial charge on any atom is -0.462 e. The van der Waals surface area contributed by atoms with E-state index in [1.165, 1.54) is 11.1 Å². The minimum absolute atomic E-state index is 0.0262. The van der Waals surface area contributed by atoms with Gasteiger partial charge in [-0.05, 0) is 70.5 Å². The summed E-state index contributed by atoms with van der Waals surface area (Å²) in [4.78, 5) is 24.6. The molecule has 0 unspecified atom stereocenters. The van der Waals surface area contributed by atoms with Crippen LogP contribution in [0.25, 0.3) is 0 Å². The number of hydrogen-bond acceptors (Lipinski definition) is 3.